The van der Waals surface area contributed by atoms with Gasteiger partial charge in [-0.15, -0.1) is 11.3 Å². The van der Waals surface area contributed by atoms with Gasteiger partial charge in [-0.2, -0.15) is 0 Å². The standard InChI is InChI=1S/C22H31N3O3S/c1-15(2)10-18(20-13-29-14-23-20)24-21(26)19(11-16(3)4)25-22(27)28-12-17-8-6-5-7-9-17/h5-9,13-16,18-19H,10-12H2,1-4H3,(H,24,26)(H,25,27)/t18?,19-/m0/s1. The van der Waals surface area contributed by atoms with E-state index in [1.54, 1.807) is 5.51 Å². The van der Waals surface area contributed by atoms with Crippen LogP contribution in [0.15, 0.2) is 41.2 Å². The van der Waals surface area contributed by atoms with E-state index >= 15 is 0 Å². The zero-order chi connectivity index (χ0) is 21.2. The molecular formula is C22H31N3O3S. The highest BCUT2D eigenvalue weighted by atomic mass is 32.1. The third kappa shape index (κ3) is 8.23. The number of hydrogen-bond donors (Lipinski definition) is 2. The molecule has 0 aliphatic heterocycles. The summed E-state index contributed by atoms with van der Waals surface area (Å²) in [5.74, 6) is 0.423. The van der Waals surface area contributed by atoms with E-state index in [9.17, 15) is 9.59 Å². The molecule has 1 unspecified atom stereocenters. The van der Waals surface area contributed by atoms with Crippen LogP contribution in [0.2, 0.25) is 0 Å². The van der Waals surface area contributed by atoms with Gasteiger partial charge in [0.05, 0.1) is 17.2 Å². The normalized spacial score (nSPS) is 13.2. The summed E-state index contributed by atoms with van der Waals surface area (Å²) in [5, 5.41) is 7.75. The smallest absolute Gasteiger partial charge is 0.408 e. The molecule has 2 aromatic rings. The molecule has 1 aromatic carbocycles. The van der Waals surface area contributed by atoms with Gasteiger partial charge in [-0.25, -0.2) is 9.78 Å². The molecule has 7 heteroatoms. The number of hydrogen-bond acceptors (Lipinski definition) is 5. The van der Waals surface area contributed by atoms with Crippen LogP contribution in [-0.2, 0) is 16.1 Å². The number of thiazole rings is 1. The predicted octanol–water partition coefficient (Wildman–Crippen LogP) is 4.69. The van der Waals surface area contributed by atoms with E-state index in [1.165, 1.54) is 11.3 Å². The molecule has 158 valence electrons. The maximum absolute atomic E-state index is 13.0. The maximum atomic E-state index is 13.0. The number of aromatic nitrogens is 1. The first kappa shape index (κ1) is 22.9. The maximum Gasteiger partial charge on any atom is 0.408 e. The molecule has 0 spiro atoms. The minimum Gasteiger partial charge on any atom is -0.445 e. The first-order valence-corrected chi connectivity index (χ1v) is 10.9. The van der Waals surface area contributed by atoms with Crippen LogP contribution in [0.25, 0.3) is 0 Å². The average molecular weight is 418 g/mol. The molecule has 0 bridgehead atoms. The topological polar surface area (TPSA) is 80.3 Å². The van der Waals surface area contributed by atoms with Gasteiger partial charge in [0.2, 0.25) is 5.91 Å². The number of carbonyl (C=O) groups is 2. The van der Waals surface area contributed by atoms with Crippen LogP contribution in [-0.4, -0.2) is 23.0 Å². The number of alkyl carbamates (subject to hydrolysis) is 1. The van der Waals surface area contributed by atoms with Crippen molar-refractivity contribution in [3.63, 3.8) is 0 Å². The molecule has 0 aliphatic rings. The van der Waals surface area contributed by atoms with E-state index < -0.39 is 12.1 Å². The van der Waals surface area contributed by atoms with Gasteiger partial charge in [0.1, 0.15) is 12.6 Å². The van der Waals surface area contributed by atoms with Crippen LogP contribution in [0.3, 0.4) is 0 Å². The van der Waals surface area contributed by atoms with E-state index in [0.29, 0.717) is 12.3 Å². The van der Waals surface area contributed by atoms with Gasteiger partial charge in [0, 0.05) is 5.38 Å². The van der Waals surface area contributed by atoms with E-state index in [4.69, 9.17) is 4.74 Å². The van der Waals surface area contributed by atoms with Crippen molar-refractivity contribution in [2.24, 2.45) is 11.8 Å². The summed E-state index contributed by atoms with van der Waals surface area (Å²) in [5.41, 5.74) is 3.51. The number of benzene rings is 1. The number of rotatable bonds is 10. The fourth-order valence-corrected chi connectivity index (χ4v) is 3.61. The highest BCUT2D eigenvalue weighted by Crippen LogP contribution is 2.21. The van der Waals surface area contributed by atoms with Crippen molar-refractivity contribution in [2.75, 3.05) is 0 Å². The van der Waals surface area contributed by atoms with Crippen molar-refractivity contribution in [2.45, 2.75) is 59.2 Å². The van der Waals surface area contributed by atoms with Crippen LogP contribution in [0.1, 0.15) is 57.8 Å². The lowest BCUT2D eigenvalue weighted by Gasteiger charge is -2.24. The van der Waals surface area contributed by atoms with Gasteiger partial charge in [-0.05, 0) is 30.2 Å². The second-order valence-electron chi connectivity index (χ2n) is 7.99. The van der Waals surface area contributed by atoms with Gasteiger partial charge in [-0.1, -0.05) is 58.0 Å². The summed E-state index contributed by atoms with van der Waals surface area (Å²) in [6.07, 6.45) is 0.712. The number of amides is 2. The SMILES string of the molecule is CC(C)CC(NC(=O)[C@H](CC(C)C)NC(=O)OCc1ccccc1)c1cscn1. The Kier molecular flexibility index (Phi) is 9.12. The lowest BCUT2D eigenvalue weighted by atomic mass is 9.99. The van der Waals surface area contributed by atoms with Crippen molar-refractivity contribution >= 4 is 23.3 Å². The molecule has 0 saturated carbocycles. The Morgan fingerprint density at radius 3 is 2.31 bits per heavy atom. The minimum absolute atomic E-state index is 0.164. The summed E-state index contributed by atoms with van der Waals surface area (Å²) in [6, 6.07) is 8.61. The third-order valence-corrected chi connectivity index (χ3v) is 4.97. The molecule has 0 fully saturated rings. The van der Waals surface area contributed by atoms with Crippen molar-refractivity contribution < 1.29 is 14.3 Å². The molecule has 1 heterocycles. The lowest BCUT2D eigenvalue weighted by molar-refractivity contribution is -0.124. The van der Waals surface area contributed by atoms with Crippen LogP contribution >= 0.6 is 11.3 Å². The van der Waals surface area contributed by atoms with Crippen LogP contribution in [0, 0.1) is 11.8 Å². The lowest BCUT2D eigenvalue weighted by Crippen LogP contribution is -2.48. The zero-order valence-corrected chi connectivity index (χ0v) is 18.4. The summed E-state index contributed by atoms with van der Waals surface area (Å²) in [4.78, 5) is 29.6. The molecule has 2 amide bonds. The highest BCUT2D eigenvalue weighted by Gasteiger charge is 2.26. The predicted molar refractivity (Wildman–Crippen MR) is 115 cm³/mol. The molecule has 2 atom stereocenters. The third-order valence-electron chi connectivity index (χ3n) is 4.36. The largest absolute Gasteiger partial charge is 0.445 e. The van der Waals surface area contributed by atoms with Crippen molar-refractivity contribution in [1.29, 1.82) is 0 Å². The summed E-state index contributed by atoms with van der Waals surface area (Å²) >= 11 is 1.50. The monoisotopic (exact) mass is 417 g/mol. The van der Waals surface area contributed by atoms with Gasteiger partial charge >= 0.3 is 6.09 Å². The van der Waals surface area contributed by atoms with Crippen LogP contribution in [0.4, 0.5) is 4.79 Å². The van der Waals surface area contributed by atoms with Crippen molar-refractivity contribution in [1.82, 2.24) is 15.6 Å². The van der Waals surface area contributed by atoms with E-state index in [0.717, 1.165) is 17.7 Å². The number of nitrogens with zero attached hydrogens (tertiary/aromatic N) is 1. The molecule has 1 aromatic heterocycles. The fraction of sp³-hybridized carbons (Fsp3) is 0.500. The second kappa shape index (κ2) is 11.6. The Hall–Kier alpha value is -2.41. The van der Waals surface area contributed by atoms with E-state index in [-0.39, 0.29) is 24.5 Å². The summed E-state index contributed by atoms with van der Waals surface area (Å²) in [7, 11) is 0. The zero-order valence-electron chi connectivity index (χ0n) is 17.6. The highest BCUT2D eigenvalue weighted by molar-refractivity contribution is 7.07. The summed E-state index contributed by atoms with van der Waals surface area (Å²) in [6.45, 7) is 8.41. The Morgan fingerprint density at radius 1 is 1.03 bits per heavy atom. The number of nitrogens with one attached hydrogen (secondary N) is 2. The van der Waals surface area contributed by atoms with Crippen molar-refractivity contribution in [3.8, 4) is 0 Å². The van der Waals surface area contributed by atoms with Gasteiger partial charge in [0.25, 0.3) is 0 Å². The molecular weight excluding hydrogens is 386 g/mol. The molecule has 0 radical (unpaired) electrons. The molecule has 29 heavy (non-hydrogen) atoms. The Bertz CT molecular complexity index is 748. The Balaban J connectivity index is 1.99. The van der Waals surface area contributed by atoms with Gasteiger partial charge < -0.3 is 15.4 Å². The first-order valence-electron chi connectivity index (χ1n) is 10.0. The van der Waals surface area contributed by atoms with Crippen LogP contribution in [0.5, 0.6) is 0 Å². The molecule has 0 saturated heterocycles. The molecule has 2 N–H and O–H groups in total. The Labute approximate surface area is 177 Å². The Morgan fingerprint density at radius 2 is 1.72 bits per heavy atom. The first-order chi connectivity index (χ1) is 13.8. The molecule has 0 aliphatic carbocycles. The summed E-state index contributed by atoms with van der Waals surface area (Å²) < 4.78 is 5.29. The quantitative estimate of drug-likeness (QED) is 0.588. The second-order valence-corrected chi connectivity index (χ2v) is 8.71. The van der Waals surface area contributed by atoms with Crippen LogP contribution < -0.4 is 10.6 Å². The van der Waals surface area contributed by atoms with Crippen molar-refractivity contribution in [3.05, 3.63) is 52.5 Å². The fourth-order valence-electron chi connectivity index (χ4n) is 3.00. The number of carbonyl (C=O) groups excluding carboxylic acids is 2. The average Bonchev–Trinajstić information content (AvgIpc) is 3.20. The van der Waals surface area contributed by atoms with Gasteiger partial charge in [-0.3, -0.25) is 4.79 Å². The van der Waals surface area contributed by atoms with E-state index in [2.05, 4.69) is 29.5 Å². The van der Waals surface area contributed by atoms with Gasteiger partial charge in [0.15, 0.2) is 0 Å². The molecule has 2 rings (SSSR count). The number of ether oxygens (including phenoxy) is 1. The minimum atomic E-state index is -0.661. The van der Waals surface area contributed by atoms with E-state index in [1.807, 2.05) is 49.6 Å². The molecule has 6 nitrogen and oxygen atoms in total.